The Balaban J connectivity index is 1.06. The highest BCUT2D eigenvalue weighted by Crippen LogP contribution is 2.36. The Kier molecular flexibility index (Phi) is 6.53. The van der Waals surface area contributed by atoms with Gasteiger partial charge in [-0.3, -0.25) is 14.4 Å². The molecule has 0 unspecified atom stereocenters. The molecule has 3 aromatic heterocycles. The third-order valence-electron chi connectivity index (χ3n) is 8.58. The summed E-state index contributed by atoms with van der Waals surface area (Å²) in [7, 11) is 0. The zero-order valence-corrected chi connectivity index (χ0v) is 23.0. The van der Waals surface area contributed by atoms with E-state index in [1.54, 1.807) is 12.5 Å². The monoisotopic (exact) mass is 565 g/mol. The molecular weight excluding hydrogens is 534 g/mol. The zero-order chi connectivity index (χ0) is 28.8. The van der Waals surface area contributed by atoms with E-state index in [1.807, 2.05) is 36.5 Å². The number of aromatic hydroxyl groups is 1. The fraction of sp³-hybridized carbons (Fsp3) is 0.312. The molecule has 2 aromatic carbocycles. The largest absolute Gasteiger partial charge is 0.502 e. The van der Waals surface area contributed by atoms with E-state index in [0.717, 1.165) is 64.2 Å². The van der Waals surface area contributed by atoms with Crippen LogP contribution in [-0.4, -0.2) is 32.1 Å². The van der Waals surface area contributed by atoms with Crippen molar-refractivity contribution in [2.45, 2.75) is 57.4 Å². The van der Waals surface area contributed by atoms with Crippen LogP contribution in [0.4, 0.5) is 5.69 Å². The molecule has 2 aliphatic rings. The molecule has 0 bridgehead atoms. The fourth-order valence-corrected chi connectivity index (χ4v) is 6.33. The van der Waals surface area contributed by atoms with Crippen LogP contribution in [0.5, 0.6) is 5.75 Å². The first-order valence-electron chi connectivity index (χ1n) is 14.5. The highest BCUT2D eigenvalue weighted by molar-refractivity contribution is 5.98. The van der Waals surface area contributed by atoms with Crippen molar-refractivity contribution in [3.8, 4) is 17.1 Å². The maximum atomic E-state index is 13.1. The average molecular weight is 566 g/mol. The summed E-state index contributed by atoms with van der Waals surface area (Å²) in [5, 5.41) is 15.6. The Labute approximate surface area is 240 Å². The van der Waals surface area contributed by atoms with Gasteiger partial charge in [0.05, 0.1) is 22.9 Å². The molecular formula is C32H31N5O5. The molecule has 0 atom stereocenters. The lowest BCUT2D eigenvalue weighted by Gasteiger charge is -2.25. The van der Waals surface area contributed by atoms with Crippen molar-refractivity contribution in [1.82, 2.24) is 19.9 Å². The quantitative estimate of drug-likeness (QED) is 0.198. The molecule has 1 amide bonds. The zero-order valence-electron chi connectivity index (χ0n) is 23.0. The predicted molar refractivity (Wildman–Crippen MR) is 159 cm³/mol. The van der Waals surface area contributed by atoms with Crippen molar-refractivity contribution in [2.24, 2.45) is 0 Å². The Morgan fingerprint density at radius 3 is 2.76 bits per heavy atom. The Morgan fingerprint density at radius 2 is 1.98 bits per heavy atom. The smallest absolute Gasteiger partial charge is 0.271 e. The van der Waals surface area contributed by atoms with Gasteiger partial charge in [0.2, 0.25) is 0 Å². The minimum atomic E-state index is -0.859. The summed E-state index contributed by atoms with van der Waals surface area (Å²) < 4.78 is 7.68. The van der Waals surface area contributed by atoms with E-state index in [2.05, 4.69) is 20.2 Å². The minimum Gasteiger partial charge on any atom is -0.502 e. The van der Waals surface area contributed by atoms with Crippen LogP contribution < -0.4 is 21.5 Å². The van der Waals surface area contributed by atoms with Gasteiger partial charge in [-0.05, 0) is 68.0 Å². The lowest BCUT2D eigenvalue weighted by atomic mass is 9.95. The van der Waals surface area contributed by atoms with Crippen LogP contribution in [0.25, 0.3) is 28.5 Å². The molecule has 10 nitrogen and oxygen atoms in total. The van der Waals surface area contributed by atoms with Gasteiger partial charge in [-0.1, -0.05) is 19.3 Å². The maximum absolute atomic E-state index is 13.1. The van der Waals surface area contributed by atoms with Crippen LogP contribution in [0.3, 0.4) is 0 Å². The third-order valence-corrected chi connectivity index (χ3v) is 8.58. The number of aryl methyl sites for hydroxylation is 1. The lowest BCUT2D eigenvalue weighted by Crippen LogP contribution is -2.33. The molecule has 0 aliphatic heterocycles. The number of carbonyl (C=O) groups is 1. The summed E-state index contributed by atoms with van der Waals surface area (Å²) in [6.45, 7) is 0.438. The molecule has 4 N–H and O–H groups in total. The molecule has 42 heavy (non-hydrogen) atoms. The number of fused-ring (bicyclic) bond motifs is 2. The number of hydrogen-bond acceptors (Lipinski definition) is 7. The molecule has 1 saturated carbocycles. The van der Waals surface area contributed by atoms with Crippen LogP contribution in [0.1, 0.15) is 71.7 Å². The number of aromatic nitrogens is 3. The third kappa shape index (κ3) is 4.52. The lowest BCUT2D eigenvalue weighted by molar-refractivity contribution is 0.0954. The number of furan rings is 1. The summed E-state index contributed by atoms with van der Waals surface area (Å²) in [6, 6.07) is 8.04. The van der Waals surface area contributed by atoms with E-state index in [0.29, 0.717) is 31.0 Å². The summed E-state index contributed by atoms with van der Waals surface area (Å²) >= 11 is 0. The van der Waals surface area contributed by atoms with Gasteiger partial charge in [-0.15, -0.1) is 0 Å². The number of hydrogen-bond donors (Lipinski definition) is 4. The fourth-order valence-electron chi connectivity index (χ4n) is 6.33. The number of H-pyrrole nitrogens is 1. The van der Waals surface area contributed by atoms with Crippen molar-refractivity contribution in [2.75, 3.05) is 11.9 Å². The first-order valence-corrected chi connectivity index (χ1v) is 14.5. The number of allylic oxidation sites excluding steroid dienone is 1. The maximum Gasteiger partial charge on any atom is 0.271 e. The molecule has 0 spiro atoms. The van der Waals surface area contributed by atoms with E-state index in [9.17, 15) is 19.5 Å². The van der Waals surface area contributed by atoms with Gasteiger partial charge in [-0.25, -0.2) is 4.98 Å². The van der Waals surface area contributed by atoms with Gasteiger partial charge in [0.1, 0.15) is 17.8 Å². The topological polar surface area (TPSA) is 142 Å². The molecule has 3 heterocycles. The number of amides is 1. The average Bonchev–Trinajstić information content (AvgIpc) is 3.78. The number of carbonyl (C=O) groups excluding carboxylic acids is 1. The number of nitrogens with one attached hydrogen (secondary N) is 3. The number of imidazole rings is 1. The summed E-state index contributed by atoms with van der Waals surface area (Å²) in [5.74, 6) is 0.203. The first-order chi connectivity index (χ1) is 20.5. The molecule has 5 aromatic rings. The Bertz CT molecular complexity index is 1900. The van der Waals surface area contributed by atoms with Gasteiger partial charge in [0, 0.05) is 41.3 Å². The number of aromatic amines is 1. The van der Waals surface area contributed by atoms with Crippen LogP contribution >= 0.6 is 0 Å². The number of benzene rings is 1. The van der Waals surface area contributed by atoms with E-state index < -0.39 is 16.6 Å². The van der Waals surface area contributed by atoms with Gasteiger partial charge >= 0.3 is 0 Å². The molecule has 0 radical (unpaired) electrons. The SMILES string of the molecule is O=C(NCCc1c[nH]c2c1C=C(Nc1c(O)c(=O)c1=O)CC2)c1ccc2c(c1)nc(-c1ccoc1)n2C1CCCCC1. The minimum absolute atomic E-state index is 0.0449. The van der Waals surface area contributed by atoms with Gasteiger partial charge in [0.25, 0.3) is 16.8 Å². The van der Waals surface area contributed by atoms with E-state index in [1.165, 1.54) is 19.3 Å². The molecule has 10 heteroatoms. The van der Waals surface area contributed by atoms with E-state index >= 15 is 0 Å². The van der Waals surface area contributed by atoms with Gasteiger partial charge < -0.3 is 29.7 Å². The standard InChI is InChI=1S/C32H31N5O5/c38-28-27(29(39)30(28)40)35-21-7-8-24-23(15-21)19(16-34-24)10-12-33-32(41)18-6-9-26-25(14-18)36-31(20-11-13-42-17-20)37(26)22-4-2-1-3-5-22/h6,9,11,13-17,22,34-35,38H,1-5,7-8,10,12H2,(H,33,41). The van der Waals surface area contributed by atoms with Crippen molar-refractivity contribution >= 4 is 28.7 Å². The summed E-state index contributed by atoms with van der Waals surface area (Å²) in [4.78, 5) is 44.5. The van der Waals surface area contributed by atoms with E-state index in [-0.39, 0.29) is 11.6 Å². The van der Waals surface area contributed by atoms with Gasteiger partial charge in [-0.2, -0.15) is 0 Å². The highest BCUT2D eigenvalue weighted by atomic mass is 16.3. The molecule has 7 rings (SSSR count). The molecule has 0 saturated heterocycles. The number of nitrogens with zero attached hydrogens (tertiary/aromatic N) is 2. The highest BCUT2D eigenvalue weighted by Gasteiger charge is 2.25. The van der Waals surface area contributed by atoms with Crippen LogP contribution in [0.2, 0.25) is 0 Å². The number of rotatable bonds is 8. The first kappa shape index (κ1) is 26.1. The van der Waals surface area contributed by atoms with Crippen molar-refractivity contribution in [3.63, 3.8) is 0 Å². The van der Waals surface area contributed by atoms with Crippen LogP contribution in [0.15, 0.2) is 62.7 Å². The second-order valence-corrected chi connectivity index (χ2v) is 11.2. The number of anilines is 1. The van der Waals surface area contributed by atoms with Gasteiger partial charge in [0.15, 0.2) is 5.75 Å². The molecule has 1 fully saturated rings. The summed E-state index contributed by atoms with van der Waals surface area (Å²) in [5.41, 5.74) is 5.57. The molecule has 214 valence electrons. The van der Waals surface area contributed by atoms with Crippen molar-refractivity contribution in [3.05, 3.63) is 91.5 Å². The van der Waals surface area contributed by atoms with E-state index in [4.69, 9.17) is 9.40 Å². The van der Waals surface area contributed by atoms with Crippen molar-refractivity contribution < 1.29 is 14.3 Å². The summed E-state index contributed by atoms with van der Waals surface area (Å²) in [6.07, 6.45) is 15.1. The normalized spacial score (nSPS) is 15.6. The van der Waals surface area contributed by atoms with Crippen LogP contribution in [-0.2, 0) is 12.8 Å². The Morgan fingerprint density at radius 1 is 1.12 bits per heavy atom. The van der Waals surface area contributed by atoms with Crippen molar-refractivity contribution in [1.29, 1.82) is 0 Å². The second kappa shape index (κ2) is 10.5. The predicted octanol–water partition coefficient (Wildman–Crippen LogP) is 4.80. The second-order valence-electron chi connectivity index (χ2n) is 11.2. The molecule has 2 aliphatic carbocycles. The van der Waals surface area contributed by atoms with Crippen LogP contribution in [0, 0.1) is 0 Å². The Hall–Kier alpha value is -4.86.